The summed E-state index contributed by atoms with van der Waals surface area (Å²) >= 11 is 11.7. The molecule has 0 heterocycles. The van der Waals surface area contributed by atoms with E-state index in [4.69, 9.17) is 33.8 Å². The van der Waals surface area contributed by atoms with E-state index in [9.17, 15) is 4.79 Å². The van der Waals surface area contributed by atoms with E-state index in [1.807, 2.05) is 6.07 Å². The fourth-order valence-electron chi connectivity index (χ4n) is 1.51. The van der Waals surface area contributed by atoms with E-state index in [2.05, 4.69) is 5.16 Å². The summed E-state index contributed by atoms with van der Waals surface area (Å²) in [4.78, 5) is 16.3. The van der Waals surface area contributed by atoms with Crippen molar-refractivity contribution >= 4 is 35.0 Å². The summed E-state index contributed by atoms with van der Waals surface area (Å²) in [6.45, 7) is 0. The zero-order chi connectivity index (χ0) is 13.2. The summed E-state index contributed by atoms with van der Waals surface area (Å²) in [5.41, 5.74) is 6.04. The van der Waals surface area contributed by atoms with Crippen molar-refractivity contribution in [2.75, 3.05) is 0 Å². The highest BCUT2D eigenvalue weighted by Crippen LogP contribution is 2.54. The van der Waals surface area contributed by atoms with Gasteiger partial charge in [0.05, 0.1) is 5.56 Å². The van der Waals surface area contributed by atoms with Gasteiger partial charge in [-0.2, -0.15) is 0 Å². The molecule has 1 aliphatic rings. The van der Waals surface area contributed by atoms with Crippen LogP contribution in [0.5, 0.6) is 0 Å². The first kappa shape index (κ1) is 13.2. The topological polar surface area (TPSA) is 64.7 Å². The number of nitrogens with zero attached hydrogens (tertiary/aromatic N) is 1. The number of alkyl halides is 2. The lowest BCUT2D eigenvalue weighted by molar-refractivity contribution is 0.0514. The highest BCUT2D eigenvalue weighted by Gasteiger charge is 2.51. The Bertz CT molecular complexity index is 474. The van der Waals surface area contributed by atoms with Crippen LogP contribution in [-0.2, 0) is 4.84 Å². The zero-order valence-corrected chi connectivity index (χ0v) is 11.0. The molecule has 1 aliphatic carbocycles. The third-order valence-electron chi connectivity index (χ3n) is 2.67. The number of amidine groups is 1. The second kappa shape index (κ2) is 5.16. The molecule has 2 rings (SSSR count). The van der Waals surface area contributed by atoms with Crippen LogP contribution < -0.4 is 5.73 Å². The molecule has 4 nitrogen and oxygen atoms in total. The minimum absolute atomic E-state index is 0.0833. The van der Waals surface area contributed by atoms with Crippen LogP contribution in [0.3, 0.4) is 0 Å². The van der Waals surface area contributed by atoms with Gasteiger partial charge in [-0.1, -0.05) is 23.4 Å². The van der Waals surface area contributed by atoms with Crippen LogP contribution in [0.1, 0.15) is 23.2 Å². The standard InChI is InChI=1S/C12H12Cl2N2O2/c13-12(14)7-9(12)6-10(15)16-18-11(17)8-4-2-1-3-5-8/h1-5,9H,6-7H2,(H2,15,16)/t9-/m0/s1. The number of benzene rings is 1. The number of oxime groups is 1. The zero-order valence-electron chi connectivity index (χ0n) is 9.48. The van der Waals surface area contributed by atoms with Crippen LogP contribution in [0.25, 0.3) is 0 Å². The minimum Gasteiger partial charge on any atom is -0.384 e. The molecule has 0 aliphatic heterocycles. The van der Waals surface area contributed by atoms with Crippen molar-refractivity contribution in [2.24, 2.45) is 16.8 Å². The molecule has 0 spiro atoms. The average Bonchev–Trinajstić information content (AvgIpc) is 2.94. The highest BCUT2D eigenvalue weighted by molar-refractivity contribution is 6.51. The maximum atomic E-state index is 11.5. The van der Waals surface area contributed by atoms with E-state index in [-0.39, 0.29) is 11.8 Å². The van der Waals surface area contributed by atoms with Crippen molar-refractivity contribution < 1.29 is 9.63 Å². The summed E-state index contributed by atoms with van der Waals surface area (Å²) in [5, 5.41) is 3.57. The third-order valence-corrected chi connectivity index (χ3v) is 3.59. The van der Waals surface area contributed by atoms with Gasteiger partial charge >= 0.3 is 5.97 Å². The van der Waals surface area contributed by atoms with Gasteiger partial charge in [-0.3, -0.25) is 0 Å². The molecular weight excluding hydrogens is 275 g/mol. The van der Waals surface area contributed by atoms with Crippen molar-refractivity contribution in [2.45, 2.75) is 17.2 Å². The predicted molar refractivity (Wildman–Crippen MR) is 70.6 cm³/mol. The number of hydrogen-bond donors (Lipinski definition) is 1. The molecule has 0 radical (unpaired) electrons. The quantitative estimate of drug-likeness (QED) is 0.304. The Morgan fingerprint density at radius 1 is 1.44 bits per heavy atom. The van der Waals surface area contributed by atoms with Gasteiger partial charge in [0.2, 0.25) is 0 Å². The molecule has 0 bridgehead atoms. The fourth-order valence-corrected chi connectivity index (χ4v) is 2.03. The molecule has 2 N–H and O–H groups in total. The largest absolute Gasteiger partial charge is 0.384 e. The maximum absolute atomic E-state index is 11.5. The summed E-state index contributed by atoms with van der Waals surface area (Å²) in [5.74, 6) is -0.246. The lowest BCUT2D eigenvalue weighted by Gasteiger charge is -2.01. The Balaban J connectivity index is 1.85. The van der Waals surface area contributed by atoms with E-state index in [1.54, 1.807) is 24.3 Å². The first-order valence-corrected chi connectivity index (χ1v) is 6.21. The van der Waals surface area contributed by atoms with E-state index >= 15 is 0 Å². The first-order chi connectivity index (χ1) is 8.49. The van der Waals surface area contributed by atoms with Gasteiger partial charge in [-0.05, 0) is 18.6 Å². The van der Waals surface area contributed by atoms with Crippen molar-refractivity contribution in [1.82, 2.24) is 0 Å². The van der Waals surface area contributed by atoms with Gasteiger partial charge in [0.15, 0.2) is 0 Å². The van der Waals surface area contributed by atoms with Crippen LogP contribution >= 0.6 is 23.2 Å². The van der Waals surface area contributed by atoms with Gasteiger partial charge in [-0.15, -0.1) is 23.2 Å². The van der Waals surface area contributed by atoms with Crippen LogP contribution in [0, 0.1) is 5.92 Å². The molecule has 0 aromatic heterocycles. The molecule has 0 saturated heterocycles. The average molecular weight is 287 g/mol. The van der Waals surface area contributed by atoms with Crippen LogP contribution in [0.2, 0.25) is 0 Å². The lowest BCUT2D eigenvalue weighted by Crippen LogP contribution is -2.15. The number of halogens is 2. The predicted octanol–water partition coefficient (Wildman–Crippen LogP) is 2.70. The molecular formula is C12H12Cl2N2O2. The summed E-state index contributed by atoms with van der Waals surface area (Å²) < 4.78 is -0.705. The molecule has 1 fully saturated rings. The molecule has 1 aromatic carbocycles. The molecule has 96 valence electrons. The van der Waals surface area contributed by atoms with Gasteiger partial charge < -0.3 is 10.6 Å². The molecule has 1 aromatic rings. The second-order valence-electron chi connectivity index (χ2n) is 4.19. The lowest BCUT2D eigenvalue weighted by atomic mass is 10.2. The summed E-state index contributed by atoms with van der Waals surface area (Å²) in [6, 6.07) is 8.56. The van der Waals surface area contributed by atoms with Crippen LogP contribution in [-0.4, -0.2) is 16.1 Å². The smallest absolute Gasteiger partial charge is 0.365 e. The Labute approximate surface area is 115 Å². The SMILES string of the molecule is N/C(C[C@H]1CC1(Cl)Cl)=N/OC(=O)c1ccccc1. The first-order valence-electron chi connectivity index (χ1n) is 5.45. The Hall–Kier alpha value is -1.26. The van der Waals surface area contributed by atoms with Crippen molar-refractivity contribution in [3.05, 3.63) is 35.9 Å². The van der Waals surface area contributed by atoms with Crippen molar-refractivity contribution in [3.63, 3.8) is 0 Å². The maximum Gasteiger partial charge on any atom is 0.365 e. The molecule has 0 unspecified atom stereocenters. The Morgan fingerprint density at radius 2 is 2.06 bits per heavy atom. The van der Waals surface area contributed by atoms with E-state index in [0.29, 0.717) is 18.4 Å². The number of rotatable bonds is 4. The van der Waals surface area contributed by atoms with Gasteiger partial charge in [-0.25, -0.2) is 4.79 Å². The number of nitrogens with two attached hydrogens (primary N) is 1. The summed E-state index contributed by atoms with van der Waals surface area (Å²) in [7, 11) is 0. The van der Waals surface area contributed by atoms with E-state index < -0.39 is 10.3 Å². The van der Waals surface area contributed by atoms with Gasteiger partial charge in [0.25, 0.3) is 0 Å². The van der Waals surface area contributed by atoms with Gasteiger partial charge in [0, 0.05) is 12.3 Å². The number of carbonyl (C=O) groups is 1. The third kappa shape index (κ3) is 3.37. The van der Waals surface area contributed by atoms with Gasteiger partial charge in [0.1, 0.15) is 10.2 Å². The van der Waals surface area contributed by atoms with E-state index in [0.717, 1.165) is 0 Å². The molecule has 1 saturated carbocycles. The van der Waals surface area contributed by atoms with E-state index in [1.165, 1.54) is 0 Å². The molecule has 6 heteroatoms. The van der Waals surface area contributed by atoms with Crippen LogP contribution in [0.4, 0.5) is 0 Å². The Kier molecular flexibility index (Phi) is 3.78. The molecule has 18 heavy (non-hydrogen) atoms. The molecule has 0 amide bonds. The Morgan fingerprint density at radius 3 is 2.61 bits per heavy atom. The normalized spacial score (nSPS) is 21.4. The summed E-state index contributed by atoms with van der Waals surface area (Å²) in [6.07, 6.45) is 1.11. The fraction of sp³-hybridized carbons (Fsp3) is 0.333. The number of carbonyl (C=O) groups excluding carboxylic acids is 1. The van der Waals surface area contributed by atoms with Crippen molar-refractivity contribution in [1.29, 1.82) is 0 Å². The second-order valence-corrected chi connectivity index (χ2v) is 5.74. The number of hydrogen-bond acceptors (Lipinski definition) is 3. The monoisotopic (exact) mass is 286 g/mol. The molecule has 1 atom stereocenters. The van der Waals surface area contributed by atoms with Crippen molar-refractivity contribution in [3.8, 4) is 0 Å². The minimum atomic E-state index is -0.705. The van der Waals surface area contributed by atoms with Crippen LogP contribution in [0.15, 0.2) is 35.5 Å². The highest BCUT2D eigenvalue weighted by atomic mass is 35.5.